The molecule has 0 aliphatic heterocycles. The van der Waals surface area contributed by atoms with Gasteiger partial charge in [0.15, 0.2) is 0 Å². The van der Waals surface area contributed by atoms with Crippen molar-refractivity contribution >= 4 is 11.7 Å². The highest BCUT2D eigenvalue weighted by Crippen LogP contribution is 2.10. The van der Waals surface area contributed by atoms with Crippen LogP contribution in [-0.4, -0.2) is 20.8 Å². The van der Waals surface area contributed by atoms with Gasteiger partial charge in [0.2, 0.25) is 0 Å². The molecule has 0 fully saturated rings. The second-order valence-electron chi connectivity index (χ2n) is 5.07. The molecule has 2 aromatic heterocycles. The molecule has 0 radical (unpaired) electrons. The maximum absolute atomic E-state index is 11.9. The van der Waals surface area contributed by atoms with Crippen LogP contribution in [0.1, 0.15) is 11.1 Å². The molecule has 0 bridgehead atoms. The smallest absolute Gasteiger partial charge is 0.319 e. The van der Waals surface area contributed by atoms with Gasteiger partial charge in [-0.25, -0.2) is 4.79 Å². The largest absolute Gasteiger partial charge is 0.334 e. The van der Waals surface area contributed by atoms with E-state index in [-0.39, 0.29) is 6.03 Å². The van der Waals surface area contributed by atoms with Gasteiger partial charge in [-0.2, -0.15) is 5.10 Å². The Morgan fingerprint density at radius 3 is 2.61 bits per heavy atom. The van der Waals surface area contributed by atoms with Gasteiger partial charge in [-0.3, -0.25) is 9.67 Å². The van der Waals surface area contributed by atoms with Gasteiger partial charge in [-0.1, -0.05) is 18.2 Å². The number of amides is 2. The number of carbonyl (C=O) groups is 1. The van der Waals surface area contributed by atoms with Crippen molar-refractivity contribution in [2.75, 3.05) is 5.32 Å². The highest BCUT2D eigenvalue weighted by Gasteiger charge is 2.02. The molecule has 116 valence electrons. The van der Waals surface area contributed by atoms with E-state index in [1.54, 1.807) is 18.6 Å². The zero-order chi connectivity index (χ0) is 15.9. The standard InChI is InChI=1S/C17H17N5O/c23-17(19-12-15-3-1-8-18-11-15)21-16-6-4-14(5-7-16)13-22-10-2-9-20-22/h1-11H,12-13H2,(H2,19,21,23). The SMILES string of the molecule is O=C(NCc1cccnc1)Nc1ccc(Cn2cccn2)cc1. The monoisotopic (exact) mass is 307 g/mol. The topological polar surface area (TPSA) is 71.8 Å². The lowest BCUT2D eigenvalue weighted by atomic mass is 10.2. The van der Waals surface area contributed by atoms with Gasteiger partial charge in [-0.05, 0) is 35.4 Å². The van der Waals surface area contributed by atoms with Crippen molar-refractivity contribution in [2.45, 2.75) is 13.1 Å². The molecule has 6 nitrogen and oxygen atoms in total. The quantitative estimate of drug-likeness (QED) is 0.761. The molecule has 0 unspecified atom stereocenters. The van der Waals surface area contributed by atoms with Crippen LogP contribution in [-0.2, 0) is 13.1 Å². The Labute approximate surface area is 134 Å². The van der Waals surface area contributed by atoms with Crippen LogP contribution in [0, 0.1) is 0 Å². The Morgan fingerprint density at radius 1 is 1.04 bits per heavy atom. The van der Waals surface area contributed by atoms with Crippen LogP contribution in [0.15, 0.2) is 67.3 Å². The zero-order valence-corrected chi connectivity index (χ0v) is 12.5. The number of rotatable bonds is 5. The molecule has 2 amide bonds. The highest BCUT2D eigenvalue weighted by atomic mass is 16.2. The molecule has 0 saturated heterocycles. The van der Waals surface area contributed by atoms with Crippen molar-refractivity contribution in [1.29, 1.82) is 0 Å². The molecule has 2 N–H and O–H groups in total. The predicted molar refractivity (Wildman–Crippen MR) is 87.9 cm³/mol. The number of anilines is 1. The van der Waals surface area contributed by atoms with E-state index < -0.39 is 0 Å². The van der Waals surface area contributed by atoms with Crippen molar-refractivity contribution in [3.8, 4) is 0 Å². The maximum atomic E-state index is 11.9. The summed E-state index contributed by atoms with van der Waals surface area (Å²) in [5.74, 6) is 0. The molecule has 0 saturated carbocycles. The number of hydrogen-bond donors (Lipinski definition) is 2. The van der Waals surface area contributed by atoms with Gasteiger partial charge in [0, 0.05) is 37.0 Å². The minimum Gasteiger partial charge on any atom is -0.334 e. The van der Waals surface area contributed by atoms with Gasteiger partial charge < -0.3 is 10.6 Å². The molecule has 6 heteroatoms. The fourth-order valence-electron chi connectivity index (χ4n) is 2.13. The molecule has 0 aliphatic carbocycles. The average molecular weight is 307 g/mol. The van der Waals surface area contributed by atoms with Gasteiger partial charge in [0.25, 0.3) is 0 Å². The van der Waals surface area contributed by atoms with E-state index in [9.17, 15) is 4.79 Å². The number of hydrogen-bond acceptors (Lipinski definition) is 3. The number of aromatic nitrogens is 3. The molecule has 1 aromatic carbocycles. The van der Waals surface area contributed by atoms with Crippen LogP contribution >= 0.6 is 0 Å². The fraction of sp³-hybridized carbons (Fsp3) is 0.118. The van der Waals surface area contributed by atoms with E-state index in [0.717, 1.165) is 16.8 Å². The van der Waals surface area contributed by atoms with Crippen LogP contribution in [0.5, 0.6) is 0 Å². The van der Waals surface area contributed by atoms with Crippen LogP contribution < -0.4 is 10.6 Å². The lowest BCUT2D eigenvalue weighted by Gasteiger charge is -2.08. The number of nitrogens with zero attached hydrogens (tertiary/aromatic N) is 3. The summed E-state index contributed by atoms with van der Waals surface area (Å²) in [4.78, 5) is 15.9. The van der Waals surface area contributed by atoms with Crippen molar-refractivity contribution in [1.82, 2.24) is 20.1 Å². The van der Waals surface area contributed by atoms with Crippen molar-refractivity contribution in [2.24, 2.45) is 0 Å². The zero-order valence-electron chi connectivity index (χ0n) is 12.5. The summed E-state index contributed by atoms with van der Waals surface area (Å²) in [6.45, 7) is 1.15. The van der Waals surface area contributed by atoms with Gasteiger partial charge in [-0.15, -0.1) is 0 Å². The Balaban J connectivity index is 1.50. The third-order valence-electron chi connectivity index (χ3n) is 3.29. The summed E-state index contributed by atoms with van der Waals surface area (Å²) in [6, 6.07) is 13.1. The number of pyridine rings is 1. The second kappa shape index (κ2) is 7.22. The van der Waals surface area contributed by atoms with E-state index in [2.05, 4.69) is 20.7 Å². The molecule has 0 spiro atoms. The second-order valence-corrected chi connectivity index (χ2v) is 5.07. The van der Waals surface area contributed by atoms with Crippen LogP contribution in [0.4, 0.5) is 10.5 Å². The Kier molecular flexibility index (Phi) is 4.63. The van der Waals surface area contributed by atoms with E-state index in [1.807, 2.05) is 53.3 Å². The van der Waals surface area contributed by atoms with Gasteiger partial charge >= 0.3 is 6.03 Å². The summed E-state index contributed by atoms with van der Waals surface area (Å²) < 4.78 is 1.85. The number of carbonyl (C=O) groups excluding carboxylic acids is 1. The first-order valence-electron chi connectivity index (χ1n) is 7.30. The van der Waals surface area contributed by atoms with E-state index in [4.69, 9.17) is 0 Å². The highest BCUT2D eigenvalue weighted by molar-refractivity contribution is 5.89. The first kappa shape index (κ1) is 14.8. The molecular weight excluding hydrogens is 290 g/mol. The minimum absolute atomic E-state index is 0.242. The lowest BCUT2D eigenvalue weighted by Crippen LogP contribution is -2.28. The third-order valence-corrected chi connectivity index (χ3v) is 3.29. The predicted octanol–water partition coefficient (Wildman–Crippen LogP) is 2.65. The lowest BCUT2D eigenvalue weighted by molar-refractivity contribution is 0.251. The summed E-state index contributed by atoms with van der Waals surface area (Å²) in [6.07, 6.45) is 7.10. The molecule has 0 aliphatic rings. The average Bonchev–Trinajstić information content (AvgIpc) is 3.09. The van der Waals surface area contributed by atoms with Crippen molar-refractivity contribution in [3.63, 3.8) is 0 Å². The van der Waals surface area contributed by atoms with E-state index >= 15 is 0 Å². The number of nitrogens with one attached hydrogen (secondary N) is 2. The van der Waals surface area contributed by atoms with E-state index in [1.165, 1.54) is 0 Å². The Hall–Kier alpha value is -3.15. The summed E-state index contributed by atoms with van der Waals surface area (Å²) in [5.41, 5.74) is 2.82. The van der Waals surface area contributed by atoms with E-state index in [0.29, 0.717) is 13.1 Å². The molecule has 0 atom stereocenters. The minimum atomic E-state index is -0.242. The number of benzene rings is 1. The molecule has 3 aromatic rings. The summed E-state index contributed by atoms with van der Waals surface area (Å²) >= 11 is 0. The summed E-state index contributed by atoms with van der Waals surface area (Å²) in [5, 5.41) is 9.77. The number of urea groups is 1. The van der Waals surface area contributed by atoms with Crippen LogP contribution in [0.2, 0.25) is 0 Å². The van der Waals surface area contributed by atoms with Crippen LogP contribution in [0.3, 0.4) is 0 Å². The fourth-order valence-corrected chi connectivity index (χ4v) is 2.13. The normalized spacial score (nSPS) is 10.3. The van der Waals surface area contributed by atoms with Crippen LogP contribution in [0.25, 0.3) is 0 Å². The van der Waals surface area contributed by atoms with Gasteiger partial charge in [0.1, 0.15) is 0 Å². The first-order valence-corrected chi connectivity index (χ1v) is 7.30. The molecule has 23 heavy (non-hydrogen) atoms. The maximum Gasteiger partial charge on any atom is 0.319 e. The Morgan fingerprint density at radius 2 is 1.91 bits per heavy atom. The third kappa shape index (κ3) is 4.41. The van der Waals surface area contributed by atoms with Crippen molar-refractivity contribution in [3.05, 3.63) is 78.4 Å². The Bertz CT molecular complexity index is 738. The molecule has 3 rings (SSSR count). The van der Waals surface area contributed by atoms with Crippen molar-refractivity contribution < 1.29 is 4.79 Å². The van der Waals surface area contributed by atoms with Gasteiger partial charge in [0.05, 0.1) is 6.54 Å². The molecular formula is C17H17N5O. The first-order chi connectivity index (χ1) is 11.3. The molecule has 2 heterocycles. The summed E-state index contributed by atoms with van der Waals surface area (Å²) in [7, 11) is 0.